The van der Waals surface area contributed by atoms with E-state index < -0.39 is 23.4 Å². The molecule has 1 aromatic rings. The first kappa shape index (κ1) is 27.1. The first-order valence-electron chi connectivity index (χ1n) is 10.3. The van der Waals surface area contributed by atoms with Crippen molar-refractivity contribution in [2.24, 2.45) is 0 Å². The molecule has 0 saturated heterocycles. The largest absolute Gasteiger partial charge is 0.490 e. The van der Waals surface area contributed by atoms with Crippen molar-refractivity contribution in [1.29, 1.82) is 0 Å². The van der Waals surface area contributed by atoms with Gasteiger partial charge in [0.2, 0.25) is 0 Å². The number of hydrogen-bond donors (Lipinski definition) is 2. The van der Waals surface area contributed by atoms with Crippen LogP contribution in [0.5, 0.6) is 11.5 Å². The highest BCUT2D eigenvalue weighted by Crippen LogP contribution is 2.29. The summed E-state index contributed by atoms with van der Waals surface area (Å²) in [5, 5.41) is 5.41. The minimum atomic E-state index is -0.518. The van der Waals surface area contributed by atoms with E-state index in [4.69, 9.17) is 18.9 Å². The summed E-state index contributed by atoms with van der Waals surface area (Å²) in [6, 6.07) is 5.69. The van der Waals surface area contributed by atoms with Crippen LogP contribution in [0.1, 0.15) is 54.4 Å². The number of carbonyl (C=O) groups is 2. The minimum Gasteiger partial charge on any atom is -0.490 e. The number of amides is 2. The molecule has 9 heteroatoms. The topological polar surface area (TPSA) is 95.1 Å². The van der Waals surface area contributed by atoms with E-state index >= 15 is 0 Å². The van der Waals surface area contributed by atoms with E-state index in [0.717, 1.165) is 3.57 Å². The van der Waals surface area contributed by atoms with Crippen molar-refractivity contribution in [1.82, 2.24) is 10.6 Å². The Kier molecular flexibility index (Phi) is 11.2. The fraction of sp³-hybridized carbons (Fsp3) is 0.636. The molecule has 0 aliphatic heterocycles. The van der Waals surface area contributed by atoms with Gasteiger partial charge in [0.1, 0.15) is 11.2 Å². The SMILES string of the molecule is CC(C)(C)OC(=O)NCCCOc1ccc(I)cc1OCCCNC(=O)OC(C)(C)C. The molecule has 1 rings (SSSR count). The zero-order chi connectivity index (χ0) is 23.5. The quantitative estimate of drug-likeness (QED) is 0.319. The summed E-state index contributed by atoms with van der Waals surface area (Å²) in [5.74, 6) is 1.28. The van der Waals surface area contributed by atoms with Gasteiger partial charge in [-0.2, -0.15) is 0 Å². The summed E-state index contributed by atoms with van der Waals surface area (Å²) >= 11 is 2.21. The summed E-state index contributed by atoms with van der Waals surface area (Å²) in [6.07, 6.45) is 0.380. The molecule has 0 fully saturated rings. The van der Waals surface area contributed by atoms with E-state index in [1.165, 1.54) is 0 Å². The van der Waals surface area contributed by atoms with Crippen molar-refractivity contribution in [3.05, 3.63) is 21.8 Å². The average molecular weight is 550 g/mol. The molecule has 0 heterocycles. The van der Waals surface area contributed by atoms with Gasteiger partial charge in [0.05, 0.1) is 13.2 Å². The van der Waals surface area contributed by atoms with Crippen molar-refractivity contribution in [3.63, 3.8) is 0 Å². The molecule has 31 heavy (non-hydrogen) atoms. The Bertz CT molecular complexity index is 713. The van der Waals surface area contributed by atoms with Crippen LogP contribution in [0.4, 0.5) is 9.59 Å². The van der Waals surface area contributed by atoms with E-state index in [2.05, 4.69) is 33.2 Å². The summed E-state index contributed by atoms with van der Waals surface area (Å²) in [5.41, 5.74) is -1.04. The standard InChI is InChI=1S/C22H35IN2O6/c1-21(2,3)30-19(26)24-11-7-13-28-17-10-9-16(23)15-18(17)29-14-8-12-25-20(27)31-22(4,5)6/h9-10,15H,7-8,11-14H2,1-6H3,(H,24,26)(H,25,27). The van der Waals surface area contributed by atoms with Gasteiger partial charge < -0.3 is 29.6 Å². The molecule has 2 amide bonds. The molecule has 0 aromatic heterocycles. The smallest absolute Gasteiger partial charge is 0.407 e. The lowest BCUT2D eigenvalue weighted by Gasteiger charge is -2.20. The normalized spacial score (nSPS) is 11.5. The molecule has 0 radical (unpaired) electrons. The third-order valence-corrected chi connectivity index (χ3v) is 4.07. The molecular formula is C22H35IN2O6. The number of nitrogens with one attached hydrogen (secondary N) is 2. The van der Waals surface area contributed by atoms with Crippen LogP contribution >= 0.6 is 22.6 Å². The highest BCUT2D eigenvalue weighted by atomic mass is 127. The molecule has 0 unspecified atom stereocenters. The summed E-state index contributed by atoms with van der Waals surface area (Å²) in [6.45, 7) is 12.7. The predicted molar refractivity (Wildman–Crippen MR) is 128 cm³/mol. The van der Waals surface area contributed by atoms with Crippen molar-refractivity contribution in [2.45, 2.75) is 65.6 Å². The zero-order valence-corrected chi connectivity index (χ0v) is 21.5. The van der Waals surface area contributed by atoms with E-state index in [0.29, 0.717) is 50.6 Å². The number of ether oxygens (including phenoxy) is 4. The van der Waals surface area contributed by atoms with Crippen LogP contribution in [0.15, 0.2) is 18.2 Å². The van der Waals surface area contributed by atoms with Gasteiger partial charge in [-0.25, -0.2) is 9.59 Å². The van der Waals surface area contributed by atoms with Crippen molar-refractivity contribution < 1.29 is 28.5 Å². The first-order valence-corrected chi connectivity index (χ1v) is 11.4. The van der Waals surface area contributed by atoms with Gasteiger partial charge in [0.25, 0.3) is 0 Å². The molecule has 0 bridgehead atoms. The lowest BCUT2D eigenvalue weighted by Crippen LogP contribution is -2.33. The van der Waals surface area contributed by atoms with Crippen LogP contribution in [0.2, 0.25) is 0 Å². The van der Waals surface area contributed by atoms with Gasteiger partial charge >= 0.3 is 12.2 Å². The highest BCUT2D eigenvalue weighted by molar-refractivity contribution is 14.1. The van der Waals surface area contributed by atoms with Crippen molar-refractivity contribution in [3.8, 4) is 11.5 Å². The molecule has 8 nitrogen and oxygen atoms in total. The van der Waals surface area contributed by atoms with Gasteiger partial charge in [-0.05, 0) is 95.2 Å². The van der Waals surface area contributed by atoms with Gasteiger partial charge in [0.15, 0.2) is 11.5 Å². The molecule has 0 aliphatic rings. The van der Waals surface area contributed by atoms with E-state index in [-0.39, 0.29) is 0 Å². The summed E-state index contributed by atoms with van der Waals surface area (Å²) < 4.78 is 23.1. The second-order valence-electron chi connectivity index (χ2n) is 8.85. The van der Waals surface area contributed by atoms with E-state index in [1.54, 1.807) is 0 Å². The third-order valence-electron chi connectivity index (χ3n) is 3.40. The Morgan fingerprint density at radius 3 is 1.71 bits per heavy atom. The van der Waals surface area contributed by atoms with Gasteiger partial charge in [-0.15, -0.1) is 0 Å². The number of benzene rings is 1. The van der Waals surface area contributed by atoms with Crippen molar-refractivity contribution in [2.75, 3.05) is 26.3 Å². The Morgan fingerprint density at radius 2 is 1.26 bits per heavy atom. The maximum Gasteiger partial charge on any atom is 0.407 e. The van der Waals surface area contributed by atoms with Crippen LogP contribution in [-0.2, 0) is 9.47 Å². The van der Waals surface area contributed by atoms with Gasteiger partial charge in [-0.1, -0.05) is 0 Å². The fourth-order valence-electron chi connectivity index (χ4n) is 2.23. The lowest BCUT2D eigenvalue weighted by molar-refractivity contribution is 0.0513. The van der Waals surface area contributed by atoms with E-state index in [9.17, 15) is 9.59 Å². The maximum absolute atomic E-state index is 11.6. The molecule has 0 saturated carbocycles. The molecule has 0 aliphatic carbocycles. The van der Waals surface area contributed by atoms with Gasteiger partial charge in [0, 0.05) is 16.7 Å². The minimum absolute atomic E-state index is 0.423. The van der Waals surface area contributed by atoms with Crippen LogP contribution in [0.25, 0.3) is 0 Å². The highest BCUT2D eigenvalue weighted by Gasteiger charge is 2.16. The summed E-state index contributed by atoms with van der Waals surface area (Å²) in [4.78, 5) is 23.3. The zero-order valence-electron chi connectivity index (χ0n) is 19.3. The number of carbonyl (C=O) groups excluding carboxylic acids is 2. The van der Waals surface area contributed by atoms with Gasteiger partial charge in [-0.3, -0.25) is 0 Å². The number of alkyl carbamates (subject to hydrolysis) is 2. The predicted octanol–water partition coefficient (Wildman–Crippen LogP) is 4.88. The van der Waals surface area contributed by atoms with E-state index in [1.807, 2.05) is 59.7 Å². The average Bonchev–Trinajstić information content (AvgIpc) is 2.59. The maximum atomic E-state index is 11.6. The Morgan fingerprint density at radius 1 is 0.806 bits per heavy atom. The molecule has 0 atom stereocenters. The van der Waals surface area contributed by atoms with Crippen molar-refractivity contribution >= 4 is 34.8 Å². The lowest BCUT2D eigenvalue weighted by atomic mass is 10.2. The van der Waals surface area contributed by atoms with Crippen LogP contribution < -0.4 is 20.1 Å². The Balaban J connectivity index is 2.34. The number of rotatable bonds is 10. The molecule has 1 aromatic carbocycles. The Labute approximate surface area is 198 Å². The molecule has 0 spiro atoms. The first-order chi connectivity index (χ1) is 14.4. The molecular weight excluding hydrogens is 515 g/mol. The third kappa shape index (κ3) is 13.9. The molecule has 176 valence electrons. The second kappa shape index (κ2) is 12.8. The van der Waals surface area contributed by atoms with Crippen LogP contribution in [0.3, 0.4) is 0 Å². The monoisotopic (exact) mass is 550 g/mol. The number of halogens is 1. The van der Waals surface area contributed by atoms with Crippen LogP contribution in [-0.4, -0.2) is 49.7 Å². The fourth-order valence-corrected chi connectivity index (χ4v) is 2.69. The Hall–Kier alpha value is -1.91. The second-order valence-corrected chi connectivity index (χ2v) is 10.1. The number of hydrogen-bond acceptors (Lipinski definition) is 6. The summed E-state index contributed by atoms with van der Waals surface area (Å²) in [7, 11) is 0. The van der Waals surface area contributed by atoms with Crippen LogP contribution in [0, 0.1) is 3.57 Å². The molecule has 2 N–H and O–H groups in total.